The van der Waals surface area contributed by atoms with E-state index in [-0.39, 0.29) is 5.56 Å². The van der Waals surface area contributed by atoms with Crippen LogP contribution in [0.5, 0.6) is 0 Å². The number of hydrogen-bond donors (Lipinski definition) is 4. The average Bonchev–Trinajstić information content (AvgIpc) is 3.26. The molecule has 1 aliphatic rings. The van der Waals surface area contributed by atoms with E-state index in [1.54, 1.807) is 12.1 Å². The van der Waals surface area contributed by atoms with E-state index >= 15 is 0 Å². The van der Waals surface area contributed by atoms with E-state index in [9.17, 15) is 14.7 Å². The largest absolute Gasteiger partial charge is 0.478 e. The van der Waals surface area contributed by atoms with Crippen molar-refractivity contribution in [2.75, 3.05) is 4.90 Å². The average molecular weight is 479 g/mol. The number of aliphatic hydroxyl groups excluding tert-OH is 1. The number of anilines is 1. The van der Waals surface area contributed by atoms with Gasteiger partial charge >= 0.3 is 5.97 Å². The summed E-state index contributed by atoms with van der Waals surface area (Å²) in [5.41, 5.74) is 3.54. The quantitative estimate of drug-likeness (QED) is 0.376. The Bertz CT molecular complexity index is 1140. The number of nitrogens with one attached hydrogen (secondary N) is 2. The van der Waals surface area contributed by atoms with Crippen LogP contribution in [0.2, 0.25) is 0 Å². The standard InChI is InChI=1S/C27H34N4O4/c1-27(2,3)19-12-14-20(15-13-19)31(26-28-21-6-4-5-7-22(21)29-26)16-17-8-10-18(11-9-17)23(32)30-24(33)25(34)35/h4-11,19-20,24,33H,12-16H2,1-3H3,(H,28,29)(H,30,32)(H,34,35). The number of rotatable bonds is 7. The maximum Gasteiger partial charge on any atom is 0.353 e. The van der Waals surface area contributed by atoms with E-state index in [0.29, 0.717) is 23.9 Å². The lowest BCUT2D eigenvalue weighted by Crippen LogP contribution is -2.40. The van der Waals surface area contributed by atoms with Gasteiger partial charge in [-0.2, -0.15) is 0 Å². The molecule has 4 N–H and O–H groups in total. The zero-order chi connectivity index (χ0) is 25.2. The van der Waals surface area contributed by atoms with E-state index in [1.807, 2.05) is 36.4 Å². The lowest BCUT2D eigenvalue weighted by atomic mass is 9.71. The Morgan fingerprint density at radius 3 is 2.34 bits per heavy atom. The number of carboxylic acid groups (broad SMARTS) is 1. The molecule has 35 heavy (non-hydrogen) atoms. The maximum absolute atomic E-state index is 12.2. The number of benzene rings is 2. The van der Waals surface area contributed by atoms with Crippen molar-refractivity contribution in [2.45, 2.75) is 65.3 Å². The van der Waals surface area contributed by atoms with Crippen LogP contribution in [0.3, 0.4) is 0 Å². The highest BCUT2D eigenvalue weighted by molar-refractivity contribution is 5.96. The number of aliphatic carboxylic acids is 1. The number of aliphatic hydroxyl groups is 1. The van der Waals surface area contributed by atoms with Gasteiger partial charge in [-0.15, -0.1) is 0 Å². The summed E-state index contributed by atoms with van der Waals surface area (Å²) in [7, 11) is 0. The molecule has 0 aliphatic heterocycles. The third-order valence-electron chi connectivity index (χ3n) is 7.08. The van der Waals surface area contributed by atoms with Crippen molar-refractivity contribution in [1.82, 2.24) is 15.3 Å². The minimum atomic E-state index is -1.94. The second kappa shape index (κ2) is 10.1. The lowest BCUT2D eigenvalue weighted by molar-refractivity contribution is -0.147. The van der Waals surface area contributed by atoms with E-state index in [2.05, 4.69) is 36.0 Å². The molecule has 1 aliphatic carbocycles. The van der Waals surface area contributed by atoms with Crippen LogP contribution in [0, 0.1) is 11.3 Å². The molecule has 2 aromatic carbocycles. The van der Waals surface area contributed by atoms with Gasteiger partial charge in [-0.05, 0) is 66.8 Å². The SMILES string of the molecule is CC(C)(C)C1CCC(N(Cc2ccc(C(=O)NC(O)C(=O)O)cc2)c2nc3ccccc3[nH]2)CC1. The van der Waals surface area contributed by atoms with Crippen LogP contribution in [0.25, 0.3) is 11.0 Å². The number of carbonyl (C=O) groups excluding carboxylic acids is 1. The van der Waals surface area contributed by atoms with Crippen LogP contribution in [-0.4, -0.2) is 44.3 Å². The van der Waals surface area contributed by atoms with Gasteiger partial charge in [-0.1, -0.05) is 45.0 Å². The van der Waals surface area contributed by atoms with Gasteiger partial charge in [0, 0.05) is 18.2 Å². The minimum absolute atomic E-state index is 0.287. The van der Waals surface area contributed by atoms with Gasteiger partial charge in [0.15, 0.2) is 0 Å². The number of nitrogens with zero attached hydrogens (tertiary/aromatic N) is 2. The van der Waals surface area contributed by atoms with E-state index in [1.165, 1.54) is 12.8 Å². The highest BCUT2D eigenvalue weighted by atomic mass is 16.4. The second-order valence-electron chi connectivity index (χ2n) is 10.5. The summed E-state index contributed by atoms with van der Waals surface area (Å²) in [6, 6.07) is 15.4. The molecule has 1 amide bonds. The Hall–Kier alpha value is -3.39. The zero-order valence-electron chi connectivity index (χ0n) is 20.5. The smallest absolute Gasteiger partial charge is 0.353 e. The van der Waals surface area contributed by atoms with E-state index < -0.39 is 18.1 Å². The van der Waals surface area contributed by atoms with Crippen molar-refractivity contribution >= 4 is 28.9 Å². The fourth-order valence-electron chi connectivity index (χ4n) is 4.93. The molecule has 1 aromatic heterocycles. The van der Waals surface area contributed by atoms with E-state index in [4.69, 9.17) is 10.1 Å². The summed E-state index contributed by atoms with van der Waals surface area (Å²) in [6.07, 6.45) is 2.60. The van der Waals surface area contributed by atoms with Crippen LogP contribution >= 0.6 is 0 Å². The molecule has 1 unspecified atom stereocenters. The lowest BCUT2D eigenvalue weighted by Gasteiger charge is -2.41. The van der Waals surface area contributed by atoms with E-state index in [0.717, 1.165) is 35.4 Å². The third kappa shape index (κ3) is 5.82. The van der Waals surface area contributed by atoms with Crippen molar-refractivity contribution in [3.63, 3.8) is 0 Å². The number of para-hydroxylation sites is 2. The van der Waals surface area contributed by atoms with Gasteiger partial charge in [-0.3, -0.25) is 4.79 Å². The van der Waals surface area contributed by atoms with Gasteiger partial charge in [0.05, 0.1) is 11.0 Å². The molecule has 8 nitrogen and oxygen atoms in total. The first-order valence-electron chi connectivity index (χ1n) is 12.1. The summed E-state index contributed by atoms with van der Waals surface area (Å²) in [4.78, 5) is 33.7. The number of carbonyl (C=O) groups is 2. The number of H-pyrrole nitrogens is 1. The Morgan fingerprint density at radius 2 is 1.74 bits per heavy atom. The Kier molecular flexibility index (Phi) is 7.12. The number of carboxylic acids is 1. The van der Waals surface area contributed by atoms with Gasteiger partial charge < -0.3 is 25.4 Å². The molecule has 1 atom stereocenters. The van der Waals surface area contributed by atoms with Crippen LogP contribution in [-0.2, 0) is 11.3 Å². The van der Waals surface area contributed by atoms with Gasteiger partial charge in [0.2, 0.25) is 12.2 Å². The van der Waals surface area contributed by atoms with Gasteiger partial charge in [-0.25, -0.2) is 9.78 Å². The van der Waals surface area contributed by atoms with Gasteiger partial charge in [0.25, 0.3) is 5.91 Å². The first kappa shape index (κ1) is 24.7. The predicted molar refractivity (Wildman–Crippen MR) is 135 cm³/mol. The number of hydrogen-bond acceptors (Lipinski definition) is 5. The molecule has 1 heterocycles. The van der Waals surface area contributed by atoms with Crippen molar-refractivity contribution in [3.8, 4) is 0 Å². The molecule has 0 spiro atoms. The second-order valence-corrected chi connectivity index (χ2v) is 10.5. The van der Waals surface area contributed by atoms with Gasteiger partial charge in [0.1, 0.15) is 0 Å². The van der Waals surface area contributed by atoms with Crippen molar-refractivity contribution < 1.29 is 19.8 Å². The molecular weight excluding hydrogens is 444 g/mol. The molecule has 8 heteroatoms. The number of aromatic nitrogens is 2. The zero-order valence-corrected chi connectivity index (χ0v) is 20.5. The summed E-state index contributed by atoms with van der Waals surface area (Å²) < 4.78 is 0. The fraction of sp³-hybridized carbons (Fsp3) is 0.444. The Morgan fingerprint density at radius 1 is 1.09 bits per heavy atom. The normalized spacial score (nSPS) is 19.3. The molecule has 0 saturated heterocycles. The molecule has 4 rings (SSSR count). The topological polar surface area (TPSA) is 119 Å². The molecular formula is C27H34N4O4. The number of aromatic amines is 1. The monoisotopic (exact) mass is 478 g/mol. The van der Waals surface area contributed by atoms with Crippen molar-refractivity contribution in [2.24, 2.45) is 11.3 Å². The molecule has 1 saturated carbocycles. The van der Waals surface area contributed by atoms with Crippen LogP contribution in [0.1, 0.15) is 62.4 Å². The van der Waals surface area contributed by atoms with Crippen LogP contribution in [0.4, 0.5) is 5.95 Å². The van der Waals surface area contributed by atoms with Crippen LogP contribution in [0.15, 0.2) is 48.5 Å². The summed E-state index contributed by atoms with van der Waals surface area (Å²) in [5.74, 6) is -0.592. The molecule has 1 fully saturated rings. The molecule has 0 bridgehead atoms. The molecule has 3 aromatic rings. The van der Waals surface area contributed by atoms with Crippen molar-refractivity contribution in [3.05, 3.63) is 59.7 Å². The highest BCUT2D eigenvalue weighted by Gasteiger charge is 2.33. The first-order valence-corrected chi connectivity index (χ1v) is 12.1. The molecule has 0 radical (unpaired) electrons. The predicted octanol–water partition coefficient (Wildman–Crippen LogP) is 4.31. The number of imidazole rings is 1. The Labute approximate surface area is 205 Å². The first-order chi connectivity index (χ1) is 16.6. The molecule has 186 valence electrons. The minimum Gasteiger partial charge on any atom is -0.478 e. The third-order valence-corrected chi connectivity index (χ3v) is 7.08. The summed E-state index contributed by atoms with van der Waals surface area (Å²) >= 11 is 0. The number of amides is 1. The fourth-order valence-corrected chi connectivity index (χ4v) is 4.93. The summed E-state index contributed by atoms with van der Waals surface area (Å²) in [6.45, 7) is 7.59. The van der Waals surface area contributed by atoms with Crippen molar-refractivity contribution in [1.29, 1.82) is 0 Å². The highest BCUT2D eigenvalue weighted by Crippen LogP contribution is 2.40. The van der Waals surface area contributed by atoms with Crippen LogP contribution < -0.4 is 10.2 Å². The maximum atomic E-state index is 12.2. The summed E-state index contributed by atoms with van der Waals surface area (Å²) in [5, 5.41) is 20.2. The number of fused-ring (bicyclic) bond motifs is 1. The Balaban J connectivity index is 1.54.